The molecule has 126 valence electrons. The van der Waals surface area contributed by atoms with Gasteiger partial charge in [0.05, 0.1) is 4.90 Å². The Hall–Kier alpha value is -2.25. The molecule has 2 heterocycles. The molecule has 0 atom stereocenters. The van der Waals surface area contributed by atoms with Crippen LogP contribution in [0.3, 0.4) is 0 Å². The molecule has 0 spiro atoms. The van der Waals surface area contributed by atoms with E-state index in [0.29, 0.717) is 24.3 Å². The Labute approximate surface area is 141 Å². The average molecular weight is 344 g/mol. The summed E-state index contributed by atoms with van der Waals surface area (Å²) < 4.78 is 29.1. The summed E-state index contributed by atoms with van der Waals surface area (Å²) in [6.45, 7) is 2.40. The third-order valence-electron chi connectivity index (χ3n) is 3.90. The van der Waals surface area contributed by atoms with E-state index in [1.807, 2.05) is 47.9 Å². The number of hydrogen-bond donors (Lipinski definition) is 1. The lowest BCUT2D eigenvalue weighted by Crippen LogP contribution is -2.25. The summed E-state index contributed by atoms with van der Waals surface area (Å²) in [5.74, 6) is 0.831. The smallest absolute Gasteiger partial charge is 0.240 e. The van der Waals surface area contributed by atoms with Gasteiger partial charge in [0.2, 0.25) is 10.0 Å². The zero-order valence-electron chi connectivity index (χ0n) is 13.5. The molecule has 24 heavy (non-hydrogen) atoms. The van der Waals surface area contributed by atoms with E-state index in [2.05, 4.69) is 14.9 Å². The second kappa shape index (κ2) is 7.11. The molecule has 0 fully saturated rings. The van der Waals surface area contributed by atoms with Crippen molar-refractivity contribution in [2.45, 2.75) is 31.1 Å². The highest BCUT2D eigenvalue weighted by atomic mass is 32.2. The molecule has 0 saturated carbocycles. The molecular formula is C17H20N4O2S. The summed E-state index contributed by atoms with van der Waals surface area (Å²) >= 11 is 0. The number of aryl methyl sites for hydroxylation is 2. The first-order valence-electron chi connectivity index (χ1n) is 7.97. The van der Waals surface area contributed by atoms with E-state index in [1.54, 1.807) is 12.1 Å². The first kappa shape index (κ1) is 16.6. The van der Waals surface area contributed by atoms with Crippen LogP contribution in [0.2, 0.25) is 0 Å². The largest absolute Gasteiger partial charge is 0.286 e. The molecule has 0 amide bonds. The van der Waals surface area contributed by atoms with Crippen molar-refractivity contribution in [3.05, 3.63) is 60.0 Å². The molecule has 7 heteroatoms. The van der Waals surface area contributed by atoms with E-state index in [9.17, 15) is 8.42 Å². The molecule has 0 bridgehead atoms. The molecule has 1 N–H and O–H groups in total. The maximum Gasteiger partial charge on any atom is 0.240 e. The number of rotatable bonds is 7. The molecule has 0 saturated heterocycles. The van der Waals surface area contributed by atoms with Crippen LogP contribution >= 0.6 is 0 Å². The van der Waals surface area contributed by atoms with Gasteiger partial charge in [0.1, 0.15) is 5.82 Å². The van der Waals surface area contributed by atoms with Gasteiger partial charge in [-0.05, 0) is 42.7 Å². The van der Waals surface area contributed by atoms with E-state index >= 15 is 0 Å². The molecule has 1 aromatic carbocycles. The van der Waals surface area contributed by atoms with Gasteiger partial charge >= 0.3 is 0 Å². The van der Waals surface area contributed by atoms with Crippen molar-refractivity contribution in [3.63, 3.8) is 0 Å². The number of benzene rings is 1. The van der Waals surface area contributed by atoms with Crippen LogP contribution in [-0.4, -0.2) is 29.6 Å². The van der Waals surface area contributed by atoms with Gasteiger partial charge < -0.3 is 0 Å². The Kier molecular flexibility index (Phi) is 4.92. The average Bonchev–Trinajstić information content (AvgIpc) is 3.02. The summed E-state index contributed by atoms with van der Waals surface area (Å²) in [5, 5.41) is 8.23. The van der Waals surface area contributed by atoms with Crippen molar-refractivity contribution in [1.29, 1.82) is 0 Å². The van der Waals surface area contributed by atoms with Gasteiger partial charge in [0.15, 0.2) is 5.65 Å². The van der Waals surface area contributed by atoms with Crippen molar-refractivity contribution in [2.75, 3.05) is 6.54 Å². The van der Waals surface area contributed by atoms with Crippen LogP contribution in [-0.2, 0) is 22.9 Å². The fourth-order valence-corrected chi connectivity index (χ4v) is 3.58. The fourth-order valence-electron chi connectivity index (χ4n) is 2.50. The lowest BCUT2D eigenvalue weighted by Gasteiger charge is -2.07. The van der Waals surface area contributed by atoms with Gasteiger partial charge in [-0.25, -0.2) is 13.1 Å². The highest BCUT2D eigenvalue weighted by molar-refractivity contribution is 7.89. The molecule has 2 aromatic heterocycles. The number of sulfonamides is 1. The zero-order chi connectivity index (χ0) is 17.0. The minimum absolute atomic E-state index is 0.299. The monoisotopic (exact) mass is 344 g/mol. The lowest BCUT2D eigenvalue weighted by molar-refractivity contribution is 0.578. The molecule has 6 nitrogen and oxygen atoms in total. The minimum atomic E-state index is -3.46. The number of nitrogens with zero attached hydrogens (tertiary/aromatic N) is 3. The molecule has 0 aliphatic rings. The van der Waals surface area contributed by atoms with Gasteiger partial charge in [-0.2, -0.15) is 0 Å². The van der Waals surface area contributed by atoms with E-state index < -0.39 is 10.0 Å². The fraction of sp³-hybridized carbons (Fsp3) is 0.294. The first-order valence-corrected chi connectivity index (χ1v) is 9.46. The summed E-state index contributed by atoms with van der Waals surface area (Å²) in [6, 6.07) is 12.7. The van der Waals surface area contributed by atoms with Crippen LogP contribution in [0.1, 0.15) is 24.7 Å². The SMILES string of the molecule is CCc1ccc(S(=O)(=O)NCCCc2nnc3ccccn23)cc1. The predicted octanol–water partition coefficient (Wildman–Crippen LogP) is 2.20. The van der Waals surface area contributed by atoms with Gasteiger partial charge in [-0.1, -0.05) is 25.1 Å². The van der Waals surface area contributed by atoms with Crippen LogP contribution in [0, 0.1) is 0 Å². The van der Waals surface area contributed by atoms with E-state index in [4.69, 9.17) is 0 Å². The van der Waals surface area contributed by atoms with Gasteiger partial charge in [0, 0.05) is 19.2 Å². The van der Waals surface area contributed by atoms with Crippen LogP contribution in [0.25, 0.3) is 5.65 Å². The van der Waals surface area contributed by atoms with E-state index in [0.717, 1.165) is 23.5 Å². The molecular weight excluding hydrogens is 324 g/mol. The Morgan fingerprint density at radius 2 is 1.88 bits per heavy atom. The van der Waals surface area contributed by atoms with Gasteiger partial charge in [-0.3, -0.25) is 4.40 Å². The maximum absolute atomic E-state index is 12.3. The lowest BCUT2D eigenvalue weighted by atomic mass is 10.2. The Morgan fingerprint density at radius 3 is 2.62 bits per heavy atom. The highest BCUT2D eigenvalue weighted by Crippen LogP contribution is 2.11. The van der Waals surface area contributed by atoms with Crippen LogP contribution < -0.4 is 4.72 Å². The van der Waals surface area contributed by atoms with Crippen LogP contribution in [0.5, 0.6) is 0 Å². The standard InChI is InChI=1S/C17H20N4O2S/c1-2-14-8-10-15(11-9-14)24(22,23)18-12-5-7-17-20-19-16-6-3-4-13-21(16)17/h3-4,6,8-11,13,18H,2,5,7,12H2,1H3. The highest BCUT2D eigenvalue weighted by Gasteiger charge is 2.13. The van der Waals surface area contributed by atoms with Gasteiger partial charge in [0.25, 0.3) is 0 Å². The zero-order valence-corrected chi connectivity index (χ0v) is 14.3. The molecule has 0 aliphatic heterocycles. The van der Waals surface area contributed by atoms with Crippen LogP contribution in [0.15, 0.2) is 53.6 Å². The summed E-state index contributed by atoms with van der Waals surface area (Å²) in [7, 11) is -3.46. The number of nitrogens with one attached hydrogen (secondary N) is 1. The van der Waals surface area contributed by atoms with Crippen molar-refractivity contribution in [1.82, 2.24) is 19.3 Å². The summed E-state index contributed by atoms with van der Waals surface area (Å²) in [5.41, 5.74) is 1.91. The molecule has 3 aromatic rings. The number of fused-ring (bicyclic) bond motifs is 1. The third-order valence-corrected chi connectivity index (χ3v) is 5.37. The predicted molar refractivity (Wildman–Crippen MR) is 92.3 cm³/mol. The molecule has 0 unspecified atom stereocenters. The first-order chi connectivity index (χ1) is 11.6. The number of pyridine rings is 1. The van der Waals surface area contributed by atoms with Crippen molar-refractivity contribution in [2.24, 2.45) is 0 Å². The summed E-state index contributed by atoms with van der Waals surface area (Å²) in [4.78, 5) is 0.299. The van der Waals surface area contributed by atoms with Gasteiger partial charge in [-0.15, -0.1) is 10.2 Å². The second-order valence-electron chi connectivity index (χ2n) is 5.54. The van der Waals surface area contributed by atoms with Crippen molar-refractivity contribution < 1.29 is 8.42 Å². The Morgan fingerprint density at radius 1 is 1.08 bits per heavy atom. The molecule has 0 radical (unpaired) electrons. The summed E-state index contributed by atoms with van der Waals surface area (Å²) in [6.07, 6.45) is 4.11. The minimum Gasteiger partial charge on any atom is -0.286 e. The normalized spacial score (nSPS) is 11.9. The molecule has 0 aliphatic carbocycles. The molecule has 3 rings (SSSR count). The quantitative estimate of drug-likeness (QED) is 0.667. The maximum atomic E-state index is 12.3. The van der Waals surface area contributed by atoms with Crippen molar-refractivity contribution in [3.8, 4) is 0 Å². The number of aromatic nitrogens is 3. The van der Waals surface area contributed by atoms with E-state index in [-0.39, 0.29) is 0 Å². The van der Waals surface area contributed by atoms with Crippen LogP contribution in [0.4, 0.5) is 0 Å². The van der Waals surface area contributed by atoms with Crippen molar-refractivity contribution >= 4 is 15.7 Å². The topological polar surface area (TPSA) is 76.4 Å². The van der Waals surface area contributed by atoms with E-state index in [1.165, 1.54) is 0 Å². The second-order valence-corrected chi connectivity index (χ2v) is 7.31. The Bertz CT molecular complexity index is 917. The third kappa shape index (κ3) is 3.63. The number of hydrogen-bond acceptors (Lipinski definition) is 4. The Balaban J connectivity index is 1.57.